The largest absolute Gasteiger partial charge is 0.435 e. The predicted octanol–water partition coefficient (Wildman–Crippen LogP) is 2.53. The number of aromatic nitrogens is 2. The SMILES string of the molecule is Nc1ccc2oc(-c3cncs3)nc2c1. The maximum Gasteiger partial charge on any atom is 0.239 e. The van der Waals surface area contributed by atoms with Crippen LogP contribution in [0.5, 0.6) is 0 Å². The second-order valence-electron chi connectivity index (χ2n) is 3.11. The average molecular weight is 217 g/mol. The van der Waals surface area contributed by atoms with Crippen LogP contribution in [0.3, 0.4) is 0 Å². The summed E-state index contributed by atoms with van der Waals surface area (Å²) in [5, 5.41) is 0. The summed E-state index contributed by atoms with van der Waals surface area (Å²) < 4.78 is 5.57. The van der Waals surface area contributed by atoms with Crippen molar-refractivity contribution < 1.29 is 4.42 Å². The van der Waals surface area contributed by atoms with Crippen molar-refractivity contribution >= 4 is 28.1 Å². The highest BCUT2D eigenvalue weighted by Crippen LogP contribution is 2.27. The highest BCUT2D eigenvalue weighted by Gasteiger charge is 2.09. The van der Waals surface area contributed by atoms with Gasteiger partial charge in [-0.25, -0.2) is 4.98 Å². The van der Waals surface area contributed by atoms with Gasteiger partial charge in [0.05, 0.1) is 11.7 Å². The molecule has 0 radical (unpaired) electrons. The number of nitrogens with zero attached hydrogens (tertiary/aromatic N) is 2. The van der Waals surface area contributed by atoms with E-state index in [4.69, 9.17) is 10.2 Å². The summed E-state index contributed by atoms with van der Waals surface area (Å²) in [6.07, 6.45) is 1.73. The van der Waals surface area contributed by atoms with E-state index in [0.29, 0.717) is 11.6 Å². The second kappa shape index (κ2) is 3.06. The van der Waals surface area contributed by atoms with Gasteiger partial charge in [0.25, 0.3) is 0 Å². The molecule has 0 atom stereocenters. The van der Waals surface area contributed by atoms with Crippen molar-refractivity contribution in [1.29, 1.82) is 0 Å². The number of rotatable bonds is 1. The molecule has 0 bridgehead atoms. The summed E-state index contributed by atoms with van der Waals surface area (Å²) in [6, 6.07) is 5.41. The molecule has 0 aliphatic rings. The van der Waals surface area contributed by atoms with Crippen molar-refractivity contribution in [3.05, 3.63) is 29.9 Å². The van der Waals surface area contributed by atoms with Gasteiger partial charge in [-0.3, -0.25) is 4.98 Å². The quantitative estimate of drug-likeness (QED) is 0.636. The Bertz CT molecular complexity index is 600. The molecule has 15 heavy (non-hydrogen) atoms. The van der Waals surface area contributed by atoms with E-state index in [2.05, 4.69) is 9.97 Å². The number of hydrogen-bond acceptors (Lipinski definition) is 5. The lowest BCUT2D eigenvalue weighted by molar-refractivity contribution is 0.621. The lowest BCUT2D eigenvalue weighted by Gasteiger charge is -1.88. The standard InChI is InChI=1S/C10H7N3OS/c11-6-1-2-8-7(3-6)13-10(14-8)9-4-12-5-15-9/h1-5H,11H2. The highest BCUT2D eigenvalue weighted by atomic mass is 32.1. The van der Waals surface area contributed by atoms with E-state index in [1.165, 1.54) is 11.3 Å². The first-order valence-corrected chi connectivity index (χ1v) is 5.26. The van der Waals surface area contributed by atoms with Crippen molar-refractivity contribution in [3.8, 4) is 10.8 Å². The molecule has 0 unspecified atom stereocenters. The lowest BCUT2D eigenvalue weighted by atomic mass is 10.3. The topological polar surface area (TPSA) is 64.9 Å². The Morgan fingerprint density at radius 2 is 2.27 bits per heavy atom. The molecule has 2 N–H and O–H groups in total. The fraction of sp³-hybridized carbons (Fsp3) is 0. The molecular weight excluding hydrogens is 210 g/mol. The summed E-state index contributed by atoms with van der Waals surface area (Å²) in [7, 11) is 0. The van der Waals surface area contributed by atoms with Gasteiger partial charge in [0, 0.05) is 5.69 Å². The number of nitrogens with two attached hydrogens (primary N) is 1. The normalized spacial score (nSPS) is 10.9. The van der Waals surface area contributed by atoms with E-state index in [1.54, 1.807) is 23.8 Å². The third-order valence-electron chi connectivity index (χ3n) is 2.05. The molecule has 0 aliphatic carbocycles. The van der Waals surface area contributed by atoms with Gasteiger partial charge in [0.1, 0.15) is 10.4 Å². The molecule has 0 aliphatic heterocycles. The Kier molecular flexibility index (Phi) is 1.72. The Morgan fingerprint density at radius 1 is 1.33 bits per heavy atom. The molecule has 0 saturated carbocycles. The summed E-state index contributed by atoms with van der Waals surface area (Å²) in [5.74, 6) is 0.595. The number of fused-ring (bicyclic) bond motifs is 1. The third-order valence-corrected chi connectivity index (χ3v) is 2.82. The molecule has 0 saturated heterocycles. The van der Waals surface area contributed by atoms with Crippen LogP contribution in [0.1, 0.15) is 0 Å². The lowest BCUT2D eigenvalue weighted by Crippen LogP contribution is -1.82. The second-order valence-corrected chi connectivity index (χ2v) is 4.00. The maximum absolute atomic E-state index is 5.66. The van der Waals surface area contributed by atoms with Crippen LogP contribution in [-0.2, 0) is 0 Å². The summed E-state index contributed by atoms with van der Waals surface area (Å²) in [4.78, 5) is 9.24. The van der Waals surface area contributed by atoms with Gasteiger partial charge < -0.3 is 10.2 Å². The van der Waals surface area contributed by atoms with Crippen LogP contribution in [0.15, 0.2) is 34.3 Å². The number of oxazole rings is 1. The minimum Gasteiger partial charge on any atom is -0.435 e. The molecular formula is C10H7N3OS. The summed E-state index contributed by atoms with van der Waals surface area (Å²) >= 11 is 1.50. The summed E-state index contributed by atoms with van der Waals surface area (Å²) in [5.41, 5.74) is 9.62. The number of nitrogen functional groups attached to an aromatic ring is 1. The van der Waals surface area contributed by atoms with Crippen LogP contribution < -0.4 is 5.73 Å². The molecule has 2 heterocycles. The molecule has 74 valence electrons. The molecule has 5 heteroatoms. The zero-order chi connectivity index (χ0) is 10.3. The number of anilines is 1. The Labute approximate surface area is 89.4 Å². The smallest absolute Gasteiger partial charge is 0.239 e. The first-order chi connectivity index (χ1) is 7.33. The third kappa shape index (κ3) is 1.37. The van der Waals surface area contributed by atoms with Crippen molar-refractivity contribution in [2.75, 3.05) is 5.73 Å². The zero-order valence-electron chi connectivity index (χ0n) is 7.68. The monoisotopic (exact) mass is 217 g/mol. The molecule has 0 spiro atoms. The maximum atomic E-state index is 5.66. The van der Waals surface area contributed by atoms with Crippen molar-refractivity contribution in [1.82, 2.24) is 9.97 Å². The Morgan fingerprint density at radius 3 is 3.07 bits per heavy atom. The van der Waals surface area contributed by atoms with Gasteiger partial charge in [0.2, 0.25) is 5.89 Å². The fourth-order valence-electron chi connectivity index (χ4n) is 1.37. The van der Waals surface area contributed by atoms with Crippen LogP contribution in [-0.4, -0.2) is 9.97 Å². The van der Waals surface area contributed by atoms with E-state index in [1.807, 2.05) is 6.07 Å². The first-order valence-electron chi connectivity index (χ1n) is 4.38. The minimum atomic E-state index is 0.595. The Hall–Kier alpha value is -1.88. The molecule has 0 fully saturated rings. The Balaban J connectivity index is 2.22. The number of thiazole rings is 1. The zero-order valence-corrected chi connectivity index (χ0v) is 8.49. The first kappa shape index (κ1) is 8.43. The summed E-state index contributed by atoms with van der Waals surface area (Å²) in [6.45, 7) is 0. The van der Waals surface area contributed by atoms with Gasteiger partial charge in [-0.15, -0.1) is 11.3 Å². The average Bonchev–Trinajstić information content (AvgIpc) is 2.84. The van der Waals surface area contributed by atoms with Crippen LogP contribution >= 0.6 is 11.3 Å². The van der Waals surface area contributed by atoms with E-state index in [0.717, 1.165) is 16.0 Å². The highest BCUT2D eigenvalue weighted by molar-refractivity contribution is 7.13. The van der Waals surface area contributed by atoms with Crippen LogP contribution in [0, 0.1) is 0 Å². The van der Waals surface area contributed by atoms with Crippen molar-refractivity contribution in [2.24, 2.45) is 0 Å². The minimum absolute atomic E-state index is 0.595. The molecule has 3 aromatic rings. The molecule has 4 nitrogen and oxygen atoms in total. The molecule has 0 amide bonds. The van der Waals surface area contributed by atoms with E-state index < -0.39 is 0 Å². The van der Waals surface area contributed by atoms with E-state index in [-0.39, 0.29) is 0 Å². The molecule has 2 aromatic heterocycles. The fourth-order valence-corrected chi connectivity index (χ4v) is 1.92. The predicted molar refractivity (Wildman–Crippen MR) is 59.5 cm³/mol. The van der Waals surface area contributed by atoms with E-state index in [9.17, 15) is 0 Å². The van der Waals surface area contributed by atoms with Gasteiger partial charge >= 0.3 is 0 Å². The van der Waals surface area contributed by atoms with Crippen LogP contribution in [0.25, 0.3) is 21.9 Å². The molecule has 3 rings (SSSR count). The van der Waals surface area contributed by atoms with Crippen molar-refractivity contribution in [2.45, 2.75) is 0 Å². The van der Waals surface area contributed by atoms with Crippen LogP contribution in [0.4, 0.5) is 5.69 Å². The van der Waals surface area contributed by atoms with Gasteiger partial charge in [0.15, 0.2) is 5.58 Å². The number of benzene rings is 1. The van der Waals surface area contributed by atoms with Gasteiger partial charge in [-0.2, -0.15) is 0 Å². The van der Waals surface area contributed by atoms with Crippen molar-refractivity contribution in [3.63, 3.8) is 0 Å². The molecule has 1 aromatic carbocycles. The van der Waals surface area contributed by atoms with Gasteiger partial charge in [-0.05, 0) is 18.2 Å². The van der Waals surface area contributed by atoms with Gasteiger partial charge in [-0.1, -0.05) is 0 Å². The van der Waals surface area contributed by atoms with Crippen LogP contribution in [0.2, 0.25) is 0 Å². The number of hydrogen-bond donors (Lipinski definition) is 1. The van der Waals surface area contributed by atoms with E-state index >= 15 is 0 Å².